The molecule has 1 heterocycles. The van der Waals surface area contributed by atoms with Crippen molar-refractivity contribution in [2.75, 3.05) is 13.2 Å². The van der Waals surface area contributed by atoms with Gasteiger partial charge in [-0.15, -0.1) is 11.3 Å². The molecule has 3 nitrogen and oxygen atoms in total. The van der Waals surface area contributed by atoms with Crippen LogP contribution in [0.4, 0.5) is 0 Å². The molecule has 1 unspecified atom stereocenters. The molecule has 0 bridgehead atoms. The Kier molecular flexibility index (Phi) is 2.77. The number of hydrogen-bond acceptors (Lipinski definition) is 4. The van der Waals surface area contributed by atoms with Crippen molar-refractivity contribution in [2.45, 2.75) is 5.92 Å². The van der Waals surface area contributed by atoms with Crippen molar-refractivity contribution < 1.29 is 5.11 Å². The van der Waals surface area contributed by atoms with Crippen LogP contribution in [0, 0.1) is 0 Å². The van der Waals surface area contributed by atoms with Crippen LogP contribution in [0.15, 0.2) is 24.3 Å². The van der Waals surface area contributed by atoms with Crippen molar-refractivity contribution in [3.63, 3.8) is 0 Å². The predicted octanol–water partition coefficient (Wildman–Crippen LogP) is 1.33. The lowest BCUT2D eigenvalue weighted by molar-refractivity contribution is 0.267. The van der Waals surface area contributed by atoms with Crippen LogP contribution in [0.5, 0.6) is 0 Å². The molecule has 1 aromatic carbocycles. The monoisotopic (exact) mass is 208 g/mol. The number of nitrogens with two attached hydrogens (primary N) is 1. The zero-order valence-electron chi connectivity index (χ0n) is 7.68. The Morgan fingerprint density at radius 2 is 2.21 bits per heavy atom. The largest absolute Gasteiger partial charge is 0.396 e. The van der Waals surface area contributed by atoms with Crippen molar-refractivity contribution in [3.05, 3.63) is 29.3 Å². The van der Waals surface area contributed by atoms with E-state index < -0.39 is 0 Å². The summed E-state index contributed by atoms with van der Waals surface area (Å²) in [5, 5.41) is 10.0. The van der Waals surface area contributed by atoms with Crippen LogP contribution in [0.25, 0.3) is 10.2 Å². The van der Waals surface area contributed by atoms with Crippen LogP contribution in [-0.2, 0) is 0 Å². The summed E-state index contributed by atoms with van der Waals surface area (Å²) in [5.74, 6) is -0.0209. The predicted molar refractivity (Wildman–Crippen MR) is 58.5 cm³/mol. The van der Waals surface area contributed by atoms with Gasteiger partial charge in [0.25, 0.3) is 0 Å². The molecule has 0 fully saturated rings. The highest BCUT2D eigenvalue weighted by molar-refractivity contribution is 7.18. The number of aromatic nitrogens is 1. The van der Waals surface area contributed by atoms with Gasteiger partial charge in [-0.3, -0.25) is 0 Å². The molecule has 2 aromatic rings. The van der Waals surface area contributed by atoms with E-state index in [9.17, 15) is 0 Å². The van der Waals surface area contributed by atoms with Crippen molar-refractivity contribution in [1.82, 2.24) is 4.98 Å². The summed E-state index contributed by atoms with van der Waals surface area (Å²) in [6.07, 6.45) is 0. The maximum atomic E-state index is 9.09. The molecular weight excluding hydrogens is 196 g/mol. The first-order chi connectivity index (χ1) is 6.85. The average Bonchev–Trinajstić information content (AvgIpc) is 2.63. The lowest BCUT2D eigenvalue weighted by atomic mass is 10.2. The normalized spacial score (nSPS) is 13.3. The van der Waals surface area contributed by atoms with Gasteiger partial charge in [0.1, 0.15) is 5.01 Å². The topological polar surface area (TPSA) is 59.1 Å². The summed E-state index contributed by atoms with van der Waals surface area (Å²) in [7, 11) is 0. The summed E-state index contributed by atoms with van der Waals surface area (Å²) in [6.45, 7) is 0.507. The van der Waals surface area contributed by atoms with Gasteiger partial charge < -0.3 is 10.8 Å². The Bertz CT molecular complexity index is 390. The van der Waals surface area contributed by atoms with Crippen LogP contribution in [0.1, 0.15) is 10.9 Å². The zero-order valence-corrected chi connectivity index (χ0v) is 8.50. The van der Waals surface area contributed by atoms with E-state index in [1.165, 1.54) is 0 Å². The molecule has 0 amide bonds. The molecular formula is C10H12N2OS. The number of benzene rings is 1. The summed E-state index contributed by atoms with van der Waals surface area (Å²) in [5.41, 5.74) is 6.53. The minimum Gasteiger partial charge on any atom is -0.396 e. The Morgan fingerprint density at radius 1 is 1.43 bits per heavy atom. The fraction of sp³-hybridized carbons (Fsp3) is 0.300. The van der Waals surface area contributed by atoms with E-state index in [0.29, 0.717) is 6.54 Å². The van der Waals surface area contributed by atoms with Crippen LogP contribution in [0.2, 0.25) is 0 Å². The third kappa shape index (κ3) is 1.64. The van der Waals surface area contributed by atoms with Crippen LogP contribution < -0.4 is 5.73 Å². The molecule has 1 atom stereocenters. The van der Waals surface area contributed by atoms with E-state index in [0.717, 1.165) is 15.2 Å². The SMILES string of the molecule is NCC(CO)c1nc2ccccc2s1. The standard InChI is InChI=1S/C10H12N2OS/c11-5-7(6-13)10-12-8-3-1-2-4-9(8)14-10/h1-4,7,13H,5-6,11H2. The van der Waals surface area contributed by atoms with E-state index in [1.54, 1.807) is 11.3 Å². The van der Waals surface area contributed by atoms with Gasteiger partial charge >= 0.3 is 0 Å². The Hall–Kier alpha value is -0.970. The molecule has 3 N–H and O–H groups in total. The third-order valence-electron chi connectivity index (χ3n) is 2.16. The first-order valence-electron chi connectivity index (χ1n) is 4.51. The molecule has 2 rings (SSSR count). The van der Waals surface area contributed by atoms with Crippen molar-refractivity contribution in [3.8, 4) is 0 Å². The number of para-hydroxylation sites is 1. The quantitative estimate of drug-likeness (QED) is 0.800. The van der Waals surface area contributed by atoms with E-state index in [2.05, 4.69) is 4.98 Å². The highest BCUT2D eigenvalue weighted by Crippen LogP contribution is 2.26. The van der Waals surface area contributed by atoms with Crippen LogP contribution >= 0.6 is 11.3 Å². The first-order valence-corrected chi connectivity index (χ1v) is 5.33. The van der Waals surface area contributed by atoms with E-state index >= 15 is 0 Å². The minimum absolute atomic E-state index is 0.0209. The summed E-state index contributed by atoms with van der Waals surface area (Å²) in [4.78, 5) is 4.43. The van der Waals surface area contributed by atoms with Crippen LogP contribution in [-0.4, -0.2) is 23.2 Å². The number of aliphatic hydroxyl groups is 1. The van der Waals surface area contributed by atoms with Crippen LogP contribution in [0.3, 0.4) is 0 Å². The van der Waals surface area contributed by atoms with E-state index in [1.807, 2.05) is 24.3 Å². The molecule has 14 heavy (non-hydrogen) atoms. The van der Waals surface area contributed by atoms with E-state index in [-0.39, 0.29) is 12.5 Å². The van der Waals surface area contributed by atoms with Gasteiger partial charge in [0, 0.05) is 12.5 Å². The van der Waals surface area contributed by atoms with Gasteiger partial charge in [-0.25, -0.2) is 4.98 Å². The minimum atomic E-state index is -0.0209. The number of rotatable bonds is 3. The fourth-order valence-electron chi connectivity index (χ4n) is 1.32. The van der Waals surface area contributed by atoms with Gasteiger partial charge in [0.15, 0.2) is 0 Å². The number of hydrogen-bond donors (Lipinski definition) is 2. The summed E-state index contributed by atoms with van der Waals surface area (Å²) in [6, 6.07) is 7.95. The molecule has 0 spiro atoms. The summed E-state index contributed by atoms with van der Waals surface area (Å²) >= 11 is 1.60. The Labute approximate surface area is 86.2 Å². The first kappa shape index (κ1) is 9.58. The lowest BCUT2D eigenvalue weighted by Gasteiger charge is -2.05. The fourth-order valence-corrected chi connectivity index (χ4v) is 2.39. The van der Waals surface area contributed by atoms with Gasteiger partial charge in [0.05, 0.1) is 16.8 Å². The van der Waals surface area contributed by atoms with E-state index in [4.69, 9.17) is 10.8 Å². The van der Waals surface area contributed by atoms with Gasteiger partial charge in [-0.2, -0.15) is 0 Å². The molecule has 0 saturated heterocycles. The third-order valence-corrected chi connectivity index (χ3v) is 3.36. The van der Waals surface area contributed by atoms with Gasteiger partial charge in [-0.05, 0) is 12.1 Å². The second kappa shape index (κ2) is 4.04. The maximum absolute atomic E-state index is 9.09. The van der Waals surface area contributed by atoms with Crippen molar-refractivity contribution >= 4 is 21.6 Å². The number of fused-ring (bicyclic) bond motifs is 1. The second-order valence-corrected chi connectivity index (χ2v) is 4.20. The maximum Gasteiger partial charge on any atom is 0.100 e. The average molecular weight is 208 g/mol. The Balaban J connectivity index is 2.43. The van der Waals surface area contributed by atoms with Crippen molar-refractivity contribution in [1.29, 1.82) is 0 Å². The van der Waals surface area contributed by atoms with Gasteiger partial charge in [-0.1, -0.05) is 12.1 Å². The lowest BCUT2D eigenvalue weighted by Crippen LogP contribution is -2.15. The molecule has 0 saturated carbocycles. The molecule has 74 valence electrons. The molecule has 0 aliphatic carbocycles. The van der Waals surface area contributed by atoms with Crippen molar-refractivity contribution in [2.24, 2.45) is 5.73 Å². The number of aliphatic hydroxyl groups excluding tert-OH is 1. The molecule has 0 radical (unpaired) electrons. The summed E-state index contributed by atoms with van der Waals surface area (Å²) < 4.78 is 1.15. The highest BCUT2D eigenvalue weighted by Gasteiger charge is 2.13. The molecule has 1 aromatic heterocycles. The zero-order chi connectivity index (χ0) is 9.97. The number of nitrogens with zero attached hydrogens (tertiary/aromatic N) is 1. The Morgan fingerprint density at radius 3 is 2.86 bits per heavy atom. The number of thiazole rings is 1. The molecule has 4 heteroatoms. The molecule has 0 aliphatic heterocycles. The smallest absolute Gasteiger partial charge is 0.100 e. The molecule has 0 aliphatic rings. The second-order valence-electron chi connectivity index (χ2n) is 3.14. The highest BCUT2D eigenvalue weighted by atomic mass is 32.1. The van der Waals surface area contributed by atoms with Gasteiger partial charge in [0.2, 0.25) is 0 Å².